The number of allylic oxidation sites excluding steroid dienone is 1. The van der Waals surface area contributed by atoms with Gasteiger partial charge in [-0.2, -0.15) is 0 Å². The summed E-state index contributed by atoms with van der Waals surface area (Å²) in [7, 11) is 0. The van der Waals surface area contributed by atoms with E-state index in [1.54, 1.807) is 11.0 Å². The zero-order valence-electron chi connectivity index (χ0n) is 13.7. The monoisotopic (exact) mass is 300 g/mol. The van der Waals surface area contributed by atoms with Crippen molar-refractivity contribution in [3.05, 3.63) is 11.8 Å². The molecule has 0 bridgehead atoms. The first kappa shape index (κ1) is 19.9. The lowest BCUT2D eigenvalue weighted by atomic mass is 10.2. The third-order valence-corrected chi connectivity index (χ3v) is 2.95. The van der Waals surface area contributed by atoms with Crippen molar-refractivity contribution in [3.8, 4) is 0 Å². The Hall–Kier alpha value is -1.07. The zero-order valence-corrected chi connectivity index (χ0v) is 13.7. The van der Waals surface area contributed by atoms with Crippen LogP contribution in [0, 0.1) is 0 Å². The molecule has 0 aromatic heterocycles. The third kappa shape index (κ3) is 10.3. The van der Waals surface area contributed by atoms with Crippen molar-refractivity contribution in [2.75, 3.05) is 26.7 Å². The maximum absolute atomic E-state index is 11.3. The van der Waals surface area contributed by atoms with Gasteiger partial charge in [-0.15, -0.1) is 0 Å². The van der Waals surface area contributed by atoms with E-state index in [1.807, 2.05) is 6.92 Å². The number of aliphatic carboxylic acids is 1. The van der Waals surface area contributed by atoms with Gasteiger partial charge < -0.3 is 24.3 Å². The molecule has 0 radical (unpaired) electrons. The lowest BCUT2D eigenvalue weighted by Gasteiger charge is -2.27. The Balaban J connectivity index is 4.52. The molecule has 0 fully saturated rings. The molecule has 0 aliphatic heterocycles. The molecule has 0 saturated heterocycles. The first-order valence-electron chi connectivity index (χ1n) is 7.99. The summed E-state index contributed by atoms with van der Waals surface area (Å²) in [6, 6.07) is 0. The number of nitrogens with zero attached hydrogens (tertiary/aromatic N) is 1. The number of carboxylic acids is 1. The molecule has 0 atom stereocenters. The lowest BCUT2D eigenvalue weighted by molar-refractivity contribution is -0.302. The molecule has 0 spiro atoms. The van der Waals surface area contributed by atoms with Crippen LogP contribution < -0.4 is 5.11 Å². The fourth-order valence-corrected chi connectivity index (χ4v) is 1.64. The molecule has 21 heavy (non-hydrogen) atoms. The molecule has 0 heterocycles. The average molecular weight is 300 g/mol. The van der Waals surface area contributed by atoms with Crippen molar-refractivity contribution >= 4 is 5.97 Å². The Morgan fingerprint density at radius 1 is 1.00 bits per heavy atom. The molecule has 124 valence electrons. The van der Waals surface area contributed by atoms with E-state index in [1.165, 1.54) is 0 Å². The van der Waals surface area contributed by atoms with Gasteiger partial charge in [0.2, 0.25) is 0 Å². The molecular weight excluding hydrogens is 270 g/mol. The molecule has 0 rings (SSSR count). The molecule has 0 aliphatic rings. The van der Waals surface area contributed by atoms with E-state index >= 15 is 0 Å². The number of carbonyl (C=O) groups excluding carboxylic acids is 1. The Bertz CT molecular complexity index is 280. The van der Waals surface area contributed by atoms with Gasteiger partial charge in [-0.05, 0) is 19.3 Å². The summed E-state index contributed by atoms with van der Waals surface area (Å²) in [4.78, 5) is 12.9. The summed E-state index contributed by atoms with van der Waals surface area (Å²) >= 11 is 0. The Morgan fingerprint density at radius 2 is 1.52 bits per heavy atom. The van der Waals surface area contributed by atoms with Crippen molar-refractivity contribution in [2.45, 2.75) is 59.3 Å². The van der Waals surface area contributed by atoms with Crippen LogP contribution in [-0.2, 0) is 14.3 Å². The standard InChI is InChI=1S/C16H31NO4/c1-4-7-10-15(16(18)19)17(13-20-11-8-5-2)14-21-12-9-6-3/h10H,4-9,11-14H2,1-3H3,(H,18,19)/p-1/b15-10+. The van der Waals surface area contributed by atoms with Crippen LogP contribution in [0.4, 0.5) is 0 Å². The summed E-state index contributed by atoms with van der Waals surface area (Å²) in [5, 5.41) is 11.3. The number of carboxylic acid groups (broad SMARTS) is 1. The Morgan fingerprint density at radius 3 is 1.90 bits per heavy atom. The van der Waals surface area contributed by atoms with Gasteiger partial charge in [-0.3, -0.25) is 0 Å². The van der Waals surface area contributed by atoms with Crippen LogP contribution in [0.15, 0.2) is 11.8 Å². The van der Waals surface area contributed by atoms with Crippen LogP contribution in [0.3, 0.4) is 0 Å². The Kier molecular flexibility index (Phi) is 13.2. The number of unbranched alkanes of at least 4 members (excludes halogenated alkanes) is 3. The highest BCUT2D eigenvalue weighted by molar-refractivity contribution is 5.83. The van der Waals surface area contributed by atoms with Crippen molar-refractivity contribution in [1.29, 1.82) is 0 Å². The van der Waals surface area contributed by atoms with Gasteiger partial charge >= 0.3 is 0 Å². The second kappa shape index (κ2) is 13.9. The van der Waals surface area contributed by atoms with E-state index in [0.29, 0.717) is 19.6 Å². The molecule has 5 heteroatoms. The molecule has 0 N–H and O–H groups in total. The SMILES string of the molecule is CCC/C=C(\C(=O)[O-])N(COCCCC)COCCCC. The fourth-order valence-electron chi connectivity index (χ4n) is 1.64. The highest BCUT2D eigenvalue weighted by atomic mass is 16.5. The molecular formula is C16H30NO4-. The van der Waals surface area contributed by atoms with Crippen molar-refractivity contribution in [1.82, 2.24) is 4.90 Å². The van der Waals surface area contributed by atoms with E-state index in [0.717, 1.165) is 32.1 Å². The predicted molar refractivity (Wildman–Crippen MR) is 81.3 cm³/mol. The highest BCUT2D eigenvalue weighted by Gasteiger charge is 2.11. The molecule has 5 nitrogen and oxygen atoms in total. The molecule has 0 aliphatic carbocycles. The molecule has 0 unspecified atom stereocenters. The first-order valence-corrected chi connectivity index (χ1v) is 7.99. The highest BCUT2D eigenvalue weighted by Crippen LogP contribution is 2.08. The fraction of sp³-hybridized carbons (Fsp3) is 0.812. The summed E-state index contributed by atoms with van der Waals surface area (Å²) < 4.78 is 11.0. The molecule has 0 saturated carbocycles. The maximum Gasteiger partial charge on any atom is 0.120 e. The predicted octanol–water partition coefficient (Wildman–Crippen LogP) is 2.27. The van der Waals surface area contributed by atoms with Crippen LogP contribution in [0.2, 0.25) is 0 Å². The van der Waals surface area contributed by atoms with E-state index in [4.69, 9.17) is 9.47 Å². The lowest BCUT2D eigenvalue weighted by Crippen LogP contribution is -2.38. The van der Waals surface area contributed by atoms with E-state index < -0.39 is 5.97 Å². The van der Waals surface area contributed by atoms with Gasteiger partial charge in [-0.1, -0.05) is 46.1 Å². The van der Waals surface area contributed by atoms with Crippen molar-refractivity contribution in [3.63, 3.8) is 0 Å². The van der Waals surface area contributed by atoms with Crippen LogP contribution in [0.1, 0.15) is 59.3 Å². The number of carbonyl (C=O) groups is 1. The second-order valence-electron chi connectivity index (χ2n) is 4.99. The number of hydrogen-bond acceptors (Lipinski definition) is 5. The van der Waals surface area contributed by atoms with Gasteiger partial charge in [0.15, 0.2) is 0 Å². The van der Waals surface area contributed by atoms with Crippen molar-refractivity contribution in [2.24, 2.45) is 0 Å². The minimum atomic E-state index is -1.18. The average Bonchev–Trinajstić information content (AvgIpc) is 2.47. The molecule has 0 aromatic carbocycles. The van der Waals surface area contributed by atoms with Crippen LogP contribution in [0.25, 0.3) is 0 Å². The second-order valence-corrected chi connectivity index (χ2v) is 4.99. The number of ether oxygens (including phenoxy) is 2. The first-order chi connectivity index (χ1) is 10.2. The van der Waals surface area contributed by atoms with Gasteiger partial charge in [0.05, 0.1) is 11.7 Å². The normalized spacial score (nSPS) is 11.7. The topological polar surface area (TPSA) is 61.8 Å². The van der Waals surface area contributed by atoms with E-state index in [9.17, 15) is 9.90 Å². The summed E-state index contributed by atoms with van der Waals surface area (Å²) in [5.74, 6) is -1.18. The largest absolute Gasteiger partial charge is 0.543 e. The van der Waals surface area contributed by atoms with Crippen LogP contribution in [0.5, 0.6) is 0 Å². The summed E-state index contributed by atoms with van der Waals surface area (Å²) in [6.07, 6.45) is 7.29. The number of hydrogen-bond donors (Lipinski definition) is 0. The molecule has 0 amide bonds. The van der Waals surface area contributed by atoms with Crippen LogP contribution in [-0.4, -0.2) is 37.5 Å². The van der Waals surface area contributed by atoms with Gasteiger partial charge in [-0.25, -0.2) is 0 Å². The van der Waals surface area contributed by atoms with Gasteiger partial charge in [0.1, 0.15) is 13.5 Å². The zero-order chi connectivity index (χ0) is 15.9. The minimum absolute atomic E-state index is 0.157. The quantitative estimate of drug-likeness (QED) is 0.280. The van der Waals surface area contributed by atoms with Gasteiger partial charge in [0.25, 0.3) is 0 Å². The maximum atomic E-state index is 11.3. The van der Waals surface area contributed by atoms with E-state index in [-0.39, 0.29) is 19.2 Å². The smallest absolute Gasteiger partial charge is 0.120 e. The molecule has 0 aromatic rings. The summed E-state index contributed by atoms with van der Waals surface area (Å²) in [6.45, 7) is 7.85. The summed E-state index contributed by atoms with van der Waals surface area (Å²) in [5.41, 5.74) is 0.157. The van der Waals surface area contributed by atoms with E-state index in [2.05, 4.69) is 13.8 Å². The minimum Gasteiger partial charge on any atom is -0.543 e. The van der Waals surface area contributed by atoms with Gasteiger partial charge in [0, 0.05) is 13.2 Å². The van der Waals surface area contributed by atoms with Crippen LogP contribution >= 0.6 is 0 Å². The third-order valence-electron chi connectivity index (χ3n) is 2.95. The van der Waals surface area contributed by atoms with Crippen molar-refractivity contribution < 1.29 is 19.4 Å². The Labute approximate surface area is 128 Å². The number of rotatable bonds is 14.